The first-order valence-electron chi connectivity index (χ1n) is 0. The zero-order chi connectivity index (χ0) is 0. The minimum absolute atomic E-state index is 0. The summed E-state index contributed by atoms with van der Waals surface area (Å²) >= 11 is 0. The van der Waals surface area contributed by atoms with Crippen LogP contribution >= 0.6 is 0 Å². The van der Waals surface area contributed by atoms with Crippen molar-refractivity contribution in [3.8, 4) is 0 Å². The van der Waals surface area contributed by atoms with Crippen molar-refractivity contribution in [2.45, 2.75) is 0 Å². The van der Waals surface area contributed by atoms with Crippen LogP contribution in [0.3, 0.4) is 0 Å². The topological polar surface area (TPSA) is 63.0 Å². The van der Waals surface area contributed by atoms with Gasteiger partial charge in [-0.15, -0.1) is 0 Å². The third-order valence-electron chi connectivity index (χ3n) is 0. The molecule has 1 radical (unpaired) electrons. The first-order chi connectivity index (χ1) is 0. The molecule has 5 heteroatoms. The average Bonchev–Trinajstić information content (AvgIpc) is 0. The second-order valence-electron chi connectivity index (χ2n) is 0. The Balaban J connectivity index is 0. The van der Waals surface area contributed by atoms with Crippen LogP contribution in [-0.2, 0) is 50.6 Å². The fraction of sp³-hybridized carbons (Fsp3) is 0. The Morgan fingerprint density at radius 1 is 0.800 bits per heavy atom. The molecule has 0 amide bonds. The molecule has 0 aromatic carbocycles. The summed E-state index contributed by atoms with van der Waals surface area (Å²) in [7, 11) is 0. The normalized spacial score (nSPS) is 0. The van der Waals surface area contributed by atoms with Crippen molar-refractivity contribution in [3.63, 3.8) is 0 Å². The van der Waals surface area contributed by atoms with E-state index in [1.54, 1.807) is 0 Å². The fourth-order valence-electron chi connectivity index (χ4n) is 0. The Bertz CT molecular complexity index is 9.61. The van der Waals surface area contributed by atoms with Crippen LogP contribution in [0.25, 0.3) is 0 Å². The van der Waals surface area contributed by atoms with E-state index in [4.69, 9.17) is 0 Å². The average molecular weight is 214 g/mol. The molecule has 0 aromatic rings. The van der Waals surface area contributed by atoms with Crippen molar-refractivity contribution in [2.24, 2.45) is 0 Å². The Hall–Kier alpha value is 1.45. The summed E-state index contributed by atoms with van der Waals surface area (Å²) in [5.41, 5.74) is 0. The van der Waals surface area contributed by atoms with Crippen molar-refractivity contribution in [3.05, 3.63) is 0 Å². The predicted octanol–water partition coefficient (Wildman–Crippen LogP) is -1.66. The van der Waals surface area contributed by atoms with Crippen LogP contribution in [0.5, 0.6) is 0 Å². The van der Waals surface area contributed by atoms with Gasteiger partial charge in [-0.05, 0) is 0 Å². The molecule has 0 spiro atoms. The van der Waals surface area contributed by atoms with Gasteiger partial charge in [0.05, 0.1) is 0 Å². The van der Waals surface area contributed by atoms with Crippen molar-refractivity contribution < 1.29 is 61.6 Å². The Labute approximate surface area is 61.6 Å². The maximum Gasteiger partial charge on any atom is 0 e. The van der Waals surface area contributed by atoms with Gasteiger partial charge in [0.25, 0.3) is 0 Å². The summed E-state index contributed by atoms with van der Waals surface area (Å²) in [5, 5.41) is 0. The minimum atomic E-state index is 0. The van der Waals surface area contributed by atoms with Gasteiger partial charge in [0, 0.05) is 50.6 Å². The summed E-state index contributed by atoms with van der Waals surface area (Å²) in [6, 6.07) is 0. The molecule has 0 saturated heterocycles. The molecule has 0 unspecified atom stereocenters. The summed E-state index contributed by atoms with van der Waals surface area (Å²) in [4.78, 5) is 0. The van der Waals surface area contributed by atoms with E-state index in [0.717, 1.165) is 0 Å². The fourth-order valence-corrected chi connectivity index (χ4v) is 0. The molecule has 0 rings (SSSR count). The molecule has 5 heavy (non-hydrogen) atoms. The first kappa shape index (κ1) is 90.9. The van der Waals surface area contributed by atoms with Gasteiger partial charge in [0.15, 0.2) is 0 Å². The van der Waals surface area contributed by atoms with E-state index >= 15 is 0 Å². The number of hydrogen-bond donors (Lipinski definition) is 0. The predicted molar refractivity (Wildman–Crippen MR) is 7.23 cm³/mol. The zero-order valence-corrected chi connectivity index (χ0v) is 5.00. The van der Waals surface area contributed by atoms with E-state index in [0.29, 0.717) is 0 Å². The van der Waals surface area contributed by atoms with Crippen LogP contribution in [-0.4, -0.2) is 11.0 Å². The van der Waals surface area contributed by atoms with Crippen molar-refractivity contribution in [2.75, 3.05) is 0 Å². The third-order valence-corrected chi connectivity index (χ3v) is 0. The molecule has 0 saturated carbocycles. The molecule has 45 valence electrons. The van der Waals surface area contributed by atoms with Gasteiger partial charge in [0.1, 0.15) is 0 Å². The molecule has 4 N–H and O–H groups in total. The Morgan fingerprint density at radius 2 is 0.800 bits per heavy atom. The van der Waals surface area contributed by atoms with E-state index < -0.39 is 0 Å². The molecular formula is H4CuFeNiO2. The summed E-state index contributed by atoms with van der Waals surface area (Å²) < 4.78 is 0. The minimum Gasteiger partial charge on any atom is -0.412 e. The smallest absolute Gasteiger partial charge is 0 e. The molecule has 0 heterocycles. The van der Waals surface area contributed by atoms with Gasteiger partial charge in [-0.25, -0.2) is 0 Å². The maximum atomic E-state index is 0. The van der Waals surface area contributed by atoms with Gasteiger partial charge in [-0.2, -0.15) is 0 Å². The molecular weight excluding hydrogens is 210 g/mol. The second-order valence-corrected chi connectivity index (χ2v) is 0. The molecule has 0 aliphatic carbocycles. The van der Waals surface area contributed by atoms with E-state index in [1.165, 1.54) is 0 Å². The zero-order valence-electron chi connectivity index (χ0n) is 1.97. The van der Waals surface area contributed by atoms with Crippen LogP contribution in [0.1, 0.15) is 0 Å². The quantitative estimate of drug-likeness (QED) is 0.433. The van der Waals surface area contributed by atoms with Crippen LogP contribution in [0.4, 0.5) is 0 Å². The number of hydrogen-bond acceptors (Lipinski definition) is 0. The van der Waals surface area contributed by atoms with Crippen LogP contribution in [0, 0.1) is 0 Å². The summed E-state index contributed by atoms with van der Waals surface area (Å²) in [6.45, 7) is 0. The van der Waals surface area contributed by atoms with Crippen molar-refractivity contribution in [1.82, 2.24) is 0 Å². The molecule has 0 fully saturated rings. The van der Waals surface area contributed by atoms with E-state index in [9.17, 15) is 0 Å². The van der Waals surface area contributed by atoms with Gasteiger partial charge in [0.2, 0.25) is 0 Å². The monoisotopic (exact) mass is 213 g/mol. The standard InChI is InChI=1S/Cu.Fe.Ni.2H2O/h;;;2*1H2. The molecule has 0 atom stereocenters. The molecule has 2 nitrogen and oxygen atoms in total. The second kappa shape index (κ2) is 51.2. The maximum absolute atomic E-state index is 0. The summed E-state index contributed by atoms with van der Waals surface area (Å²) in [5.74, 6) is 0. The van der Waals surface area contributed by atoms with Crippen LogP contribution in [0.15, 0.2) is 0 Å². The Morgan fingerprint density at radius 3 is 0.800 bits per heavy atom. The van der Waals surface area contributed by atoms with Crippen molar-refractivity contribution >= 4 is 0 Å². The van der Waals surface area contributed by atoms with Gasteiger partial charge < -0.3 is 11.0 Å². The van der Waals surface area contributed by atoms with E-state index in [1.807, 2.05) is 0 Å². The van der Waals surface area contributed by atoms with Gasteiger partial charge >= 0.3 is 0 Å². The molecule has 0 bridgehead atoms. The molecule has 0 aromatic heterocycles. The van der Waals surface area contributed by atoms with Gasteiger partial charge in [-0.3, -0.25) is 0 Å². The van der Waals surface area contributed by atoms with E-state index in [2.05, 4.69) is 0 Å². The van der Waals surface area contributed by atoms with Crippen LogP contribution in [0.2, 0.25) is 0 Å². The first-order valence-corrected chi connectivity index (χ1v) is 0. The van der Waals surface area contributed by atoms with E-state index in [-0.39, 0.29) is 61.6 Å². The number of rotatable bonds is 0. The summed E-state index contributed by atoms with van der Waals surface area (Å²) in [6.07, 6.45) is 0. The molecule has 0 aliphatic rings. The SMILES string of the molecule is O.O.[Cu].[Fe].[Ni]. The largest absolute Gasteiger partial charge is 0.412 e. The Kier molecular flexibility index (Phi) is 932. The van der Waals surface area contributed by atoms with Gasteiger partial charge in [-0.1, -0.05) is 0 Å². The van der Waals surface area contributed by atoms with Crippen molar-refractivity contribution in [1.29, 1.82) is 0 Å². The molecule has 0 aliphatic heterocycles. The van der Waals surface area contributed by atoms with Crippen LogP contribution < -0.4 is 0 Å². The third kappa shape index (κ3) is 30.8.